The molecule has 3 nitrogen and oxygen atoms in total. The van der Waals surface area contributed by atoms with Crippen LogP contribution < -0.4 is 5.32 Å². The van der Waals surface area contributed by atoms with Gasteiger partial charge in [-0.25, -0.2) is 0 Å². The lowest BCUT2D eigenvalue weighted by Gasteiger charge is -2.46. The molecule has 1 saturated carbocycles. The summed E-state index contributed by atoms with van der Waals surface area (Å²) in [5, 5.41) is 13.5. The summed E-state index contributed by atoms with van der Waals surface area (Å²) in [5.41, 5.74) is -0.0386. The van der Waals surface area contributed by atoms with Gasteiger partial charge in [-0.3, -0.25) is 4.90 Å². The molecule has 0 aliphatic heterocycles. The van der Waals surface area contributed by atoms with Crippen LogP contribution in [-0.2, 0) is 0 Å². The maximum absolute atomic E-state index is 9.91. The zero-order chi connectivity index (χ0) is 15.2. The van der Waals surface area contributed by atoms with Gasteiger partial charge in [-0.1, -0.05) is 20.8 Å². The van der Waals surface area contributed by atoms with E-state index in [9.17, 15) is 5.11 Å². The molecule has 0 bridgehead atoms. The van der Waals surface area contributed by atoms with Crippen molar-refractivity contribution in [3.63, 3.8) is 0 Å². The van der Waals surface area contributed by atoms with E-state index in [1.54, 1.807) is 0 Å². The number of nitrogens with one attached hydrogen (secondary N) is 1. The third-order valence-corrected chi connectivity index (χ3v) is 4.58. The second-order valence-corrected chi connectivity index (χ2v) is 7.30. The molecule has 3 heteroatoms. The highest BCUT2D eigenvalue weighted by Gasteiger charge is 2.38. The first-order valence-corrected chi connectivity index (χ1v) is 8.55. The summed E-state index contributed by atoms with van der Waals surface area (Å²) in [7, 11) is 0. The number of aliphatic hydroxyl groups is 1. The summed E-state index contributed by atoms with van der Waals surface area (Å²) in [6.07, 6.45) is 5.85. The third-order valence-electron chi connectivity index (χ3n) is 4.58. The van der Waals surface area contributed by atoms with Gasteiger partial charge >= 0.3 is 0 Å². The van der Waals surface area contributed by atoms with Gasteiger partial charge in [0, 0.05) is 24.2 Å². The predicted octanol–water partition coefficient (Wildman–Crippen LogP) is 3.03. The van der Waals surface area contributed by atoms with Gasteiger partial charge < -0.3 is 10.4 Å². The largest absolute Gasteiger partial charge is 0.394 e. The minimum Gasteiger partial charge on any atom is -0.394 e. The highest BCUT2D eigenvalue weighted by molar-refractivity contribution is 4.97. The van der Waals surface area contributed by atoms with Crippen molar-refractivity contribution in [3.8, 4) is 0 Å². The van der Waals surface area contributed by atoms with E-state index in [-0.39, 0.29) is 12.1 Å². The molecule has 2 N–H and O–H groups in total. The first-order valence-electron chi connectivity index (χ1n) is 8.55. The molecule has 20 heavy (non-hydrogen) atoms. The summed E-state index contributed by atoms with van der Waals surface area (Å²) >= 11 is 0. The van der Waals surface area contributed by atoms with E-state index in [0.717, 1.165) is 32.4 Å². The number of hydrogen-bond acceptors (Lipinski definition) is 3. The van der Waals surface area contributed by atoms with E-state index in [1.165, 1.54) is 12.8 Å². The van der Waals surface area contributed by atoms with Crippen molar-refractivity contribution in [1.29, 1.82) is 0 Å². The molecular weight excluding hydrogens is 248 g/mol. The van der Waals surface area contributed by atoms with Crippen LogP contribution in [0.25, 0.3) is 0 Å². The van der Waals surface area contributed by atoms with E-state index in [4.69, 9.17) is 0 Å². The van der Waals surface area contributed by atoms with Gasteiger partial charge in [-0.15, -0.1) is 0 Å². The Morgan fingerprint density at radius 3 is 2.50 bits per heavy atom. The third kappa shape index (κ3) is 5.01. The van der Waals surface area contributed by atoms with Crippen molar-refractivity contribution < 1.29 is 5.11 Å². The first kappa shape index (κ1) is 17.9. The predicted molar refractivity (Wildman–Crippen MR) is 87.0 cm³/mol. The molecule has 0 aromatic heterocycles. The van der Waals surface area contributed by atoms with Crippen molar-refractivity contribution in [3.05, 3.63) is 0 Å². The Morgan fingerprint density at radius 1 is 1.30 bits per heavy atom. The molecule has 0 aromatic carbocycles. The lowest BCUT2D eigenvalue weighted by molar-refractivity contribution is 0.0394. The Kier molecular flexibility index (Phi) is 7.49. The summed E-state index contributed by atoms with van der Waals surface area (Å²) in [6.45, 7) is 13.8. The fourth-order valence-corrected chi connectivity index (χ4v) is 3.57. The minimum absolute atomic E-state index is 0.0386. The van der Waals surface area contributed by atoms with E-state index in [2.05, 4.69) is 44.8 Å². The van der Waals surface area contributed by atoms with Gasteiger partial charge in [0.1, 0.15) is 0 Å². The SMILES string of the molecule is CCCNC1(CO)CCCC(N(CC(C)C)C(C)C)C1. The Hall–Kier alpha value is -0.120. The summed E-state index contributed by atoms with van der Waals surface area (Å²) in [5.74, 6) is 0.700. The van der Waals surface area contributed by atoms with Crippen LogP contribution >= 0.6 is 0 Å². The molecule has 0 heterocycles. The molecule has 0 amide bonds. The number of hydrogen-bond donors (Lipinski definition) is 2. The zero-order valence-electron chi connectivity index (χ0n) is 14.3. The highest BCUT2D eigenvalue weighted by atomic mass is 16.3. The zero-order valence-corrected chi connectivity index (χ0v) is 14.3. The van der Waals surface area contributed by atoms with Crippen LogP contribution in [0.5, 0.6) is 0 Å². The molecule has 0 radical (unpaired) electrons. The van der Waals surface area contributed by atoms with Gasteiger partial charge in [0.05, 0.1) is 6.61 Å². The molecule has 1 rings (SSSR count). The van der Waals surface area contributed by atoms with E-state index < -0.39 is 0 Å². The van der Waals surface area contributed by atoms with Crippen LogP contribution in [0.3, 0.4) is 0 Å². The summed E-state index contributed by atoms with van der Waals surface area (Å²) < 4.78 is 0. The lowest BCUT2D eigenvalue weighted by Crippen LogP contribution is -2.57. The van der Waals surface area contributed by atoms with Crippen molar-refractivity contribution in [2.24, 2.45) is 5.92 Å². The van der Waals surface area contributed by atoms with Crippen LogP contribution in [0.1, 0.15) is 66.7 Å². The second-order valence-electron chi connectivity index (χ2n) is 7.30. The van der Waals surface area contributed by atoms with Crippen LogP contribution in [0, 0.1) is 5.92 Å². The Bertz CT molecular complexity index is 268. The van der Waals surface area contributed by atoms with Gasteiger partial charge in [0.2, 0.25) is 0 Å². The van der Waals surface area contributed by atoms with Crippen LogP contribution in [-0.4, -0.2) is 47.3 Å². The minimum atomic E-state index is -0.0386. The van der Waals surface area contributed by atoms with Crippen LogP contribution in [0.4, 0.5) is 0 Å². The maximum atomic E-state index is 9.91. The molecule has 2 atom stereocenters. The molecule has 1 aliphatic carbocycles. The average Bonchev–Trinajstić information content (AvgIpc) is 2.42. The lowest BCUT2D eigenvalue weighted by atomic mass is 9.78. The highest BCUT2D eigenvalue weighted by Crippen LogP contribution is 2.32. The molecule has 1 aliphatic rings. The van der Waals surface area contributed by atoms with Gasteiger partial charge in [0.25, 0.3) is 0 Å². The second kappa shape index (κ2) is 8.35. The Morgan fingerprint density at radius 2 is 2.00 bits per heavy atom. The number of aliphatic hydroxyl groups excluding tert-OH is 1. The molecule has 120 valence electrons. The molecular formula is C17H36N2O. The fraction of sp³-hybridized carbons (Fsp3) is 1.00. The van der Waals surface area contributed by atoms with Gasteiger partial charge in [-0.05, 0) is 58.4 Å². The fourth-order valence-electron chi connectivity index (χ4n) is 3.57. The van der Waals surface area contributed by atoms with Gasteiger partial charge in [0.15, 0.2) is 0 Å². The van der Waals surface area contributed by atoms with E-state index in [1.807, 2.05) is 0 Å². The molecule has 0 spiro atoms. The number of rotatable bonds is 8. The summed E-state index contributed by atoms with van der Waals surface area (Å²) in [6, 6.07) is 1.20. The maximum Gasteiger partial charge on any atom is 0.0613 e. The molecule has 1 fully saturated rings. The van der Waals surface area contributed by atoms with E-state index in [0.29, 0.717) is 18.0 Å². The van der Waals surface area contributed by atoms with Crippen molar-refractivity contribution in [2.45, 2.75) is 84.3 Å². The monoisotopic (exact) mass is 284 g/mol. The normalized spacial score (nSPS) is 27.8. The van der Waals surface area contributed by atoms with Crippen LogP contribution in [0.2, 0.25) is 0 Å². The number of nitrogens with zero attached hydrogens (tertiary/aromatic N) is 1. The van der Waals surface area contributed by atoms with Crippen molar-refractivity contribution in [1.82, 2.24) is 10.2 Å². The van der Waals surface area contributed by atoms with Crippen molar-refractivity contribution in [2.75, 3.05) is 19.7 Å². The Labute approximate surface area is 126 Å². The van der Waals surface area contributed by atoms with Crippen molar-refractivity contribution >= 4 is 0 Å². The first-order chi connectivity index (χ1) is 9.44. The van der Waals surface area contributed by atoms with Crippen LogP contribution in [0.15, 0.2) is 0 Å². The standard InChI is InChI=1S/C17H36N2O/c1-6-10-18-17(13-20)9-7-8-16(11-17)19(15(4)5)12-14(2)3/h14-16,18,20H,6-13H2,1-5H3. The topological polar surface area (TPSA) is 35.5 Å². The average molecular weight is 284 g/mol. The molecule has 2 unspecified atom stereocenters. The van der Waals surface area contributed by atoms with E-state index >= 15 is 0 Å². The smallest absolute Gasteiger partial charge is 0.0613 e. The quantitative estimate of drug-likeness (QED) is 0.719. The summed E-state index contributed by atoms with van der Waals surface area (Å²) in [4.78, 5) is 2.65. The molecule has 0 saturated heterocycles. The molecule has 0 aromatic rings. The van der Waals surface area contributed by atoms with Gasteiger partial charge in [-0.2, -0.15) is 0 Å². The Balaban J connectivity index is 2.73.